The molecule has 0 fully saturated rings. The number of nitrogens with one attached hydrogen (secondary N) is 1. The molecule has 2 rings (SSSR count). The minimum absolute atomic E-state index is 0.353. The number of para-hydroxylation sites is 1. The second kappa shape index (κ2) is 10.6. The lowest BCUT2D eigenvalue weighted by Crippen LogP contribution is -2.13. The smallest absolute Gasteiger partial charge is 0.410 e. The van der Waals surface area contributed by atoms with Crippen molar-refractivity contribution in [1.82, 2.24) is 0 Å². The van der Waals surface area contributed by atoms with Gasteiger partial charge in [0, 0.05) is 5.69 Å². The van der Waals surface area contributed by atoms with Crippen LogP contribution in [-0.4, -0.2) is 6.09 Å². The number of carbonyl (C=O) groups excluding carboxylic acids is 1. The van der Waals surface area contributed by atoms with E-state index in [1.807, 2.05) is 43.3 Å². The molecule has 24 heavy (non-hydrogen) atoms. The summed E-state index contributed by atoms with van der Waals surface area (Å²) < 4.78 is 5.02. The van der Waals surface area contributed by atoms with E-state index >= 15 is 0 Å². The molecule has 0 saturated heterocycles. The van der Waals surface area contributed by atoms with E-state index < -0.39 is 6.09 Å². The van der Waals surface area contributed by atoms with Crippen LogP contribution in [0.3, 0.4) is 0 Å². The minimum atomic E-state index is -0.549. The van der Waals surface area contributed by atoms with Gasteiger partial charge in [-0.1, -0.05) is 73.3 Å². The lowest BCUT2D eigenvalue weighted by atomic mass is 10.2. The van der Waals surface area contributed by atoms with E-state index in [9.17, 15) is 4.79 Å². The minimum Gasteiger partial charge on any atom is -0.410 e. The average Bonchev–Trinajstić information content (AvgIpc) is 2.58. The molecule has 124 valence electrons. The van der Waals surface area contributed by atoms with Crippen molar-refractivity contribution in [2.45, 2.75) is 13.8 Å². The van der Waals surface area contributed by atoms with E-state index in [1.54, 1.807) is 12.1 Å². The highest BCUT2D eigenvalue weighted by atomic mass is 16.6. The van der Waals surface area contributed by atoms with Gasteiger partial charge < -0.3 is 4.74 Å². The number of carbonyl (C=O) groups is 1. The van der Waals surface area contributed by atoms with E-state index in [2.05, 4.69) is 37.5 Å². The third kappa shape index (κ3) is 7.27. The van der Waals surface area contributed by atoms with Crippen molar-refractivity contribution < 1.29 is 9.53 Å². The number of ether oxygens (including phenoxy) is 1. The van der Waals surface area contributed by atoms with Gasteiger partial charge in [-0.3, -0.25) is 5.32 Å². The second-order valence-corrected chi connectivity index (χ2v) is 4.99. The molecule has 1 amide bonds. The fraction of sp³-hybridized carbons (Fsp3) is 0.0952. The fourth-order valence-electron chi connectivity index (χ4n) is 1.75. The van der Waals surface area contributed by atoms with Gasteiger partial charge in [0.2, 0.25) is 0 Å². The van der Waals surface area contributed by atoms with Crippen molar-refractivity contribution in [2.75, 3.05) is 5.32 Å². The zero-order valence-electron chi connectivity index (χ0n) is 14.2. The Morgan fingerprint density at radius 2 is 1.62 bits per heavy atom. The maximum atomic E-state index is 11.6. The number of amides is 1. The average molecular weight is 321 g/mol. The van der Waals surface area contributed by atoms with Gasteiger partial charge in [-0.2, -0.15) is 0 Å². The molecule has 0 heterocycles. The molecule has 3 nitrogen and oxygen atoms in total. The van der Waals surface area contributed by atoms with E-state index in [4.69, 9.17) is 4.74 Å². The molecule has 0 saturated carbocycles. The molecule has 1 N–H and O–H groups in total. The summed E-state index contributed by atoms with van der Waals surface area (Å²) >= 11 is 0. The molecule has 0 aliphatic carbocycles. The van der Waals surface area contributed by atoms with E-state index in [0.29, 0.717) is 5.76 Å². The van der Waals surface area contributed by atoms with Crippen LogP contribution in [0, 0.1) is 13.8 Å². The van der Waals surface area contributed by atoms with Crippen LogP contribution < -0.4 is 5.32 Å². The Bertz CT molecular complexity index is 703. The maximum absolute atomic E-state index is 11.6. The van der Waals surface area contributed by atoms with E-state index in [0.717, 1.165) is 11.3 Å². The van der Waals surface area contributed by atoms with Crippen molar-refractivity contribution in [2.24, 2.45) is 0 Å². The molecule has 0 bridgehead atoms. The number of hydrogen-bond donors (Lipinski definition) is 1. The molecule has 2 aromatic rings. The largest absolute Gasteiger partial charge is 0.417 e. The van der Waals surface area contributed by atoms with Crippen molar-refractivity contribution in [3.63, 3.8) is 0 Å². The molecular formula is C21H23NO2. The van der Waals surface area contributed by atoms with Crippen LogP contribution in [0.1, 0.15) is 11.1 Å². The van der Waals surface area contributed by atoms with Gasteiger partial charge in [0.15, 0.2) is 0 Å². The number of allylic oxidation sites excluding steroid dienone is 3. The Hall–Kier alpha value is -3.07. The molecule has 0 aromatic heterocycles. The maximum Gasteiger partial charge on any atom is 0.417 e. The summed E-state index contributed by atoms with van der Waals surface area (Å²) in [6.07, 6.45) is 3.98. The van der Waals surface area contributed by atoms with Gasteiger partial charge in [0.05, 0.1) is 0 Å². The zero-order chi connectivity index (χ0) is 17.8. The van der Waals surface area contributed by atoms with Crippen molar-refractivity contribution in [1.29, 1.82) is 0 Å². The summed E-state index contributed by atoms with van der Waals surface area (Å²) in [6, 6.07) is 17.7. The van der Waals surface area contributed by atoms with Gasteiger partial charge >= 0.3 is 6.09 Å². The molecule has 0 spiro atoms. The first-order chi connectivity index (χ1) is 11.6. The standard InChI is InChI=1S/C14H15NO2.C7H8/c1-4-8-12(5-2)17-14(16)15-13-10-7-6-9-11(13)3;1-7-5-3-2-4-6-7/h4-10H,1-2H2,3H3,(H,15,16);2-6H,1H3/b12-8+;. The van der Waals surface area contributed by atoms with E-state index in [-0.39, 0.29) is 0 Å². The third-order valence-electron chi connectivity index (χ3n) is 3.02. The summed E-state index contributed by atoms with van der Waals surface area (Å²) in [5, 5.41) is 2.65. The third-order valence-corrected chi connectivity index (χ3v) is 3.02. The molecule has 0 atom stereocenters. The number of hydrogen-bond acceptors (Lipinski definition) is 2. The number of rotatable bonds is 4. The van der Waals surface area contributed by atoms with Crippen molar-refractivity contribution in [3.05, 3.63) is 103 Å². The highest BCUT2D eigenvalue weighted by Gasteiger charge is 2.06. The van der Waals surface area contributed by atoms with Crippen molar-refractivity contribution in [3.8, 4) is 0 Å². The molecule has 2 aromatic carbocycles. The first-order valence-electron chi connectivity index (χ1n) is 7.58. The lowest BCUT2D eigenvalue weighted by molar-refractivity contribution is 0.195. The normalized spacial score (nSPS) is 10.0. The highest BCUT2D eigenvalue weighted by molar-refractivity contribution is 5.86. The fourth-order valence-corrected chi connectivity index (χ4v) is 1.75. The summed E-state index contributed by atoms with van der Waals surface area (Å²) in [4.78, 5) is 11.6. The topological polar surface area (TPSA) is 38.3 Å². The Balaban J connectivity index is 0.000000341. The quantitative estimate of drug-likeness (QED) is 0.571. The van der Waals surface area contributed by atoms with Crippen LogP contribution >= 0.6 is 0 Å². The van der Waals surface area contributed by atoms with Crippen LogP contribution in [-0.2, 0) is 4.74 Å². The van der Waals surface area contributed by atoms with Crippen LogP contribution in [0.4, 0.5) is 10.5 Å². The Kier molecular flexibility index (Phi) is 8.40. The molecule has 0 radical (unpaired) electrons. The number of anilines is 1. The van der Waals surface area contributed by atoms with Crippen LogP contribution in [0.15, 0.2) is 91.7 Å². The van der Waals surface area contributed by atoms with Crippen LogP contribution in [0.2, 0.25) is 0 Å². The number of aryl methyl sites for hydroxylation is 2. The Labute approximate surface area is 144 Å². The van der Waals surface area contributed by atoms with E-state index in [1.165, 1.54) is 17.7 Å². The van der Waals surface area contributed by atoms with Gasteiger partial charge in [0.1, 0.15) is 5.76 Å². The monoisotopic (exact) mass is 321 g/mol. The molecule has 0 aliphatic heterocycles. The first kappa shape index (κ1) is 19.0. The first-order valence-corrected chi connectivity index (χ1v) is 7.58. The summed E-state index contributed by atoms with van der Waals surface area (Å²) in [5.41, 5.74) is 3.01. The summed E-state index contributed by atoms with van der Waals surface area (Å²) in [6.45, 7) is 11.0. The summed E-state index contributed by atoms with van der Waals surface area (Å²) in [5.74, 6) is 0.353. The molecule has 0 aliphatic rings. The van der Waals surface area contributed by atoms with Crippen LogP contribution in [0.25, 0.3) is 0 Å². The zero-order valence-corrected chi connectivity index (χ0v) is 14.2. The SMILES string of the molecule is C=C/C=C(\C=C)OC(=O)Nc1ccccc1C.Cc1ccccc1. The molecular weight excluding hydrogens is 298 g/mol. The van der Waals surface area contributed by atoms with Crippen molar-refractivity contribution >= 4 is 11.8 Å². The predicted molar refractivity (Wildman–Crippen MR) is 101 cm³/mol. The van der Waals surface area contributed by atoms with Gasteiger partial charge in [-0.05, 0) is 37.6 Å². The van der Waals surface area contributed by atoms with Gasteiger partial charge in [-0.15, -0.1) is 0 Å². The van der Waals surface area contributed by atoms with Gasteiger partial charge in [-0.25, -0.2) is 4.79 Å². The summed E-state index contributed by atoms with van der Waals surface area (Å²) in [7, 11) is 0. The van der Waals surface area contributed by atoms with Crippen LogP contribution in [0.5, 0.6) is 0 Å². The lowest BCUT2D eigenvalue weighted by Gasteiger charge is -2.08. The number of benzene rings is 2. The van der Waals surface area contributed by atoms with Gasteiger partial charge in [0.25, 0.3) is 0 Å². The molecule has 0 unspecified atom stereocenters. The highest BCUT2D eigenvalue weighted by Crippen LogP contribution is 2.14. The second-order valence-electron chi connectivity index (χ2n) is 4.99. The predicted octanol–water partition coefficient (Wildman–Crippen LogP) is 5.79. The molecule has 3 heteroatoms. The Morgan fingerprint density at radius 1 is 1.00 bits per heavy atom. The Morgan fingerprint density at radius 3 is 2.12 bits per heavy atom.